The number of aromatic nitrogens is 3. The molecule has 8 heteroatoms. The molecule has 1 aromatic heterocycles. The van der Waals surface area contributed by atoms with Crippen LogP contribution in [0.25, 0.3) is 0 Å². The molecule has 1 aromatic carbocycles. The molecule has 128 valence electrons. The van der Waals surface area contributed by atoms with Crippen molar-refractivity contribution in [3.8, 4) is 0 Å². The van der Waals surface area contributed by atoms with Crippen LogP contribution in [0.1, 0.15) is 30.4 Å². The number of nitrogens with one attached hydrogen (secondary N) is 1. The van der Waals surface area contributed by atoms with Gasteiger partial charge in [0.25, 0.3) is 0 Å². The topological polar surface area (TPSA) is 80.1 Å². The lowest BCUT2D eigenvalue weighted by Crippen LogP contribution is -2.39. The van der Waals surface area contributed by atoms with E-state index in [-0.39, 0.29) is 0 Å². The van der Waals surface area contributed by atoms with Crippen LogP contribution in [0.4, 0.5) is 0 Å². The second-order valence-corrected chi connectivity index (χ2v) is 8.15. The van der Waals surface area contributed by atoms with Crippen LogP contribution in [0.5, 0.6) is 0 Å². The van der Waals surface area contributed by atoms with Crippen molar-refractivity contribution in [3.05, 3.63) is 42.0 Å². The highest BCUT2D eigenvalue weighted by Crippen LogP contribution is 2.39. The molecule has 0 radical (unpaired) electrons. The van der Waals surface area contributed by atoms with E-state index in [1.54, 1.807) is 30.3 Å². The van der Waals surface area contributed by atoms with E-state index in [0.717, 1.165) is 31.3 Å². The molecular weight excluding hydrogens is 326 g/mol. The van der Waals surface area contributed by atoms with Gasteiger partial charge in [0.2, 0.25) is 10.0 Å². The largest absolute Gasteiger partial charge is 0.312 e. The number of benzene rings is 1. The summed E-state index contributed by atoms with van der Waals surface area (Å²) in [5.74, 6) is 2.74. The van der Waals surface area contributed by atoms with Crippen molar-refractivity contribution in [1.82, 2.24) is 24.4 Å². The first-order valence-electron chi connectivity index (χ1n) is 8.32. The number of hydrogen-bond donors (Lipinski definition) is 1. The molecule has 0 atom stereocenters. The quantitative estimate of drug-likeness (QED) is 0.841. The van der Waals surface area contributed by atoms with Crippen molar-refractivity contribution < 1.29 is 8.42 Å². The average Bonchev–Trinajstić information content (AvgIpc) is 3.35. The zero-order valence-corrected chi connectivity index (χ0v) is 14.2. The number of sulfonamides is 1. The Morgan fingerprint density at radius 2 is 1.92 bits per heavy atom. The summed E-state index contributed by atoms with van der Waals surface area (Å²) in [6.45, 7) is 3.57. The third-order valence-electron chi connectivity index (χ3n) is 4.58. The van der Waals surface area contributed by atoms with Crippen LogP contribution >= 0.6 is 0 Å². The summed E-state index contributed by atoms with van der Waals surface area (Å²) in [4.78, 5) is 2.52. The minimum Gasteiger partial charge on any atom is -0.312 e. The molecule has 1 aliphatic carbocycles. The van der Waals surface area contributed by atoms with Gasteiger partial charge in [-0.15, -0.1) is 10.2 Å². The summed E-state index contributed by atoms with van der Waals surface area (Å²) in [7, 11) is -3.43. The van der Waals surface area contributed by atoms with Crippen LogP contribution < -0.4 is 4.72 Å². The van der Waals surface area contributed by atoms with Gasteiger partial charge in [-0.25, -0.2) is 13.1 Å². The second-order valence-electron chi connectivity index (χ2n) is 6.39. The summed E-state index contributed by atoms with van der Waals surface area (Å²) in [6, 6.07) is 8.46. The number of nitrogens with zero attached hydrogens (tertiary/aromatic N) is 4. The number of fused-ring (bicyclic) bond motifs is 1. The molecule has 7 nitrogen and oxygen atoms in total. The van der Waals surface area contributed by atoms with E-state index in [2.05, 4.69) is 24.4 Å². The monoisotopic (exact) mass is 347 g/mol. The van der Waals surface area contributed by atoms with Gasteiger partial charge in [0, 0.05) is 32.1 Å². The molecule has 0 saturated heterocycles. The first kappa shape index (κ1) is 15.7. The Morgan fingerprint density at radius 1 is 1.12 bits per heavy atom. The van der Waals surface area contributed by atoms with Crippen molar-refractivity contribution in [3.63, 3.8) is 0 Å². The lowest BCUT2D eigenvalue weighted by atomic mass is 10.3. The molecule has 0 bridgehead atoms. The van der Waals surface area contributed by atoms with E-state index < -0.39 is 10.0 Å². The standard InChI is InChI=1S/C16H21N5O2S/c22-24(23,14-4-2-1-3-5-14)17-8-9-20-10-11-21-15(12-20)18-19-16(21)13-6-7-13/h1-5,13,17H,6-12H2. The minimum atomic E-state index is -3.43. The Labute approximate surface area is 141 Å². The smallest absolute Gasteiger partial charge is 0.240 e. The summed E-state index contributed by atoms with van der Waals surface area (Å²) in [6.07, 6.45) is 2.45. The predicted molar refractivity (Wildman–Crippen MR) is 88.9 cm³/mol. The zero-order chi connectivity index (χ0) is 16.6. The first-order chi connectivity index (χ1) is 11.6. The second kappa shape index (κ2) is 6.27. The van der Waals surface area contributed by atoms with Crippen molar-refractivity contribution in [2.24, 2.45) is 0 Å². The van der Waals surface area contributed by atoms with Crippen LogP contribution in [-0.2, 0) is 23.1 Å². The lowest BCUT2D eigenvalue weighted by Gasteiger charge is -2.27. The maximum atomic E-state index is 12.2. The Kier molecular flexibility index (Phi) is 4.11. The lowest BCUT2D eigenvalue weighted by molar-refractivity contribution is 0.219. The van der Waals surface area contributed by atoms with Crippen LogP contribution in [-0.4, -0.2) is 47.7 Å². The number of hydrogen-bond acceptors (Lipinski definition) is 5. The van der Waals surface area contributed by atoms with Crippen LogP contribution in [0.3, 0.4) is 0 Å². The van der Waals surface area contributed by atoms with E-state index in [0.29, 0.717) is 23.9 Å². The molecule has 1 aliphatic heterocycles. The fourth-order valence-corrected chi connectivity index (χ4v) is 4.13. The van der Waals surface area contributed by atoms with Crippen LogP contribution in [0.15, 0.2) is 35.2 Å². The summed E-state index contributed by atoms with van der Waals surface area (Å²) >= 11 is 0. The zero-order valence-electron chi connectivity index (χ0n) is 13.4. The Morgan fingerprint density at radius 3 is 2.67 bits per heavy atom. The summed E-state index contributed by atoms with van der Waals surface area (Å²) in [5.41, 5.74) is 0. The molecule has 0 spiro atoms. The van der Waals surface area contributed by atoms with Gasteiger partial charge in [0.05, 0.1) is 11.4 Å². The Balaban J connectivity index is 1.32. The first-order valence-corrected chi connectivity index (χ1v) is 9.81. The van der Waals surface area contributed by atoms with E-state index in [1.807, 2.05) is 0 Å². The summed E-state index contributed by atoms with van der Waals surface area (Å²) in [5, 5.41) is 8.63. The molecule has 0 amide bonds. The molecular formula is C16H21N5O2S. The average molecular weight is 347 g/mol. The molecule has 1 N–H and O–H groups in total. The van der Waals surface area contributed by atoms with Crippen molar-refractivity contribution in [1.29, 1.82) is 0 Å². The van der Waals surface area contributed by atoms with Gasteiger partial charge in [-0.2, -0.15) is 0 Å². The molecule has 24 heavy (non-hydrogen) atoms. The van der Waals surface area contributed by atoms with Gasteiger partial charge in [0.1, 0.15) is 11.6 Å². The summed E-state index contributed by atoms with van der Waals surface area (Å²) < 4.78 is 29.3. The maximum Gasteiger partial charge on any atom is 0.240 e. The highest BCUT2D eigenvalue weighted by molar-refractivity contribution is 7.89. The normalized spacial score (nSPS) is 18.5. The molecule has 4 rings (SSSR count). The van der Waals surface area contributed by atoms with Gasteiger partial charge in [-0.05, 0) is 25.0 Å². The molecule has 2 aromatic rings. The van der Waals surface area contributed by atoms with E-state index in [1.165, 1.54) is 12.8 Å². The Bertz CT molecular complexity index is 814. The fraction of sp³-hybridized carbons (Fsp3) is 0.500. The molecule has 2 heterocycles. The van der Waals surface area contributed by atoms with Gasteiger partial charge >= 0.3 is 0 Å². The van der Waals surface area contributed by atoms with Crippen molar-refractivity contribution in [2.45, 2.75) is 36.7 Å². The fourth-order valence-electron chi connectivity index (χ4n) is 3.09. The maximum absolute atomic E-state index is 12.2. The molecule has 1 saturated carbocycles. The van der Waals surface area contributed by atoms with Crippen molar-refractivity contribution >= 4 is 10.0 Å². The highest BCUT2D eigenvalue weighted by atomic mass is 32.2. The third-order valence-corrected chi connectivity index (χ3v) is 6.05. The van der Waals surface area contributed by atoms with Crippen LogP contribution in [0.2, 0.25) is 0 Å². The number of rotatable bonds is 6. The SMILES string of the molecule is O=S(=O)(NCCN1CCn2c(nnc2C2CC2)C1)c1ccccc1. The molecule has 2 aliphatic rings. The van der Waals surface area contributed by atoms with Gasteiger partial charge in [-0.1, -0.05) is 18.2 Å². The van der Waals surface area contributed by atoms with Gasteiger partial charge < -0.3 is 4.57 Å². The Hall–Kier alpha value is -1.77. The highest BCUT2D eigenvalue weighted by Gasteiger charge is 2.31. The molecule has 0 unspecified atom stereocenters. The minimum absolute atomic E-state index is 0.303. The van der Waals surface area contributed by atoms with E-state index >= 15 is 0 Å². The van der Waals surface area contributed by atoms with Gasteiger partial charge in [-0.3, -0.25) is 4.90 Å². The van der Waals surface area contributed by atoms with Crippen LogP contribution in [0, 0.1) is 0 Å². The molecule has 1 fully saturated rings. The van der Waals surface area contributed by atoms with Gasteiger partial charge in [0.15, 0.2) is 0 Å². The third kappa shape index (κ3) is 3.22. The van der Waals surface area contributed by atoms with E-state index in [9.17, 15) is 8.42 Å². The van der Waals surface area contributed by atoms with E-state index in [4.69, 9.17) is 0 Å². The van der Waals surface area contributed by atoms with Crippen molar-refractivity contribution in [2.75, 3.05) is 19.6 Å². The predicted octanol–water partition coefficient (Wildman–Crippen LogP) is 0.950.